The van der Waals surface area contributed by atoms with Crippen LogP contribution in [0, 0.1) is 5.92 Å². The van der Waals surface area contributed by atoms with Gasteiger partial charge in [-0.15, -0.1) is 13.2 Å². The Hall–Kier alpha value is -3.83. The molecule has 3 N–H and O–H groups in total. The number of alkyl halides is 3. The SMILES string of the molecule is CNC(=O)c1cnc(NC(=O)C2CC2)cc1NC(=O)c1ccc(OC(F)(F)F)cc1OC. The molecule has 1 heterocycles. The molecule has 32 heavy (non-hydrogen) atoms. The van der Waals surface area contributed by atoms with Crippen LogP contribution in [0.15, 0.2) is 30.5 Å². The number of amides is 3. The first-order valence-corrected chi connectivity index (χ1v) is 9.39. The molecule has 1 fully saturated rings. The van der Waals surface area contributed by atoms with Gasteiger partial charge in [0.25, 0.3) is 11.8 Å². The molecular weight excluding hydrogens is 433 g/mol. The lowest BCUT2D eigenvalue weighted by atomic mass is 10.1. The van der Waals surface area contributed by atoms with Gasteiger partial charge in [-0.1, -0.05) is 0 Å². The zero-order chi connectivity index (χ0) is 23.5. The van der Waals surface area contributed by atoms with Crippen molar-refractivity contribution in [3.05, 3.63) is 41.6 Å². The first-order valence-electron chi connectivity index (χ1n) is 9.39. The van der Waals surface area contributed by atoms with E-state index in [1.807, 2.05) is 0 Å². The van der Waals surface area contributed by atoms with E-state index in [1.165, 1.54) is 26.4 Å². The fraction of sp³-hybridized carbons (Fsp3) is 0.300. The number of methoxy groups -OCH3 is 1. The molecule has 3 rings (SSSR count). The van der Waals surface area contributed by atoms with Crippen LogP contribution in [0.25, 0.3) is 0 Å². The van der Waals surface area contributed by atoms with Crippen LogP contribution in [-0.2, 0) is 4.79 Å². The Morgan fingerprint density at radius 2 is 1.78 bits per heavy atom. The van der Waals surface area contributed by atoms with Gasteiger partial charge < -0.3 is 25.4 Å². The molecule has 1 aromatic heterocycles. The number of carbonyl (C=O) groups excluding carboxylic acids is 3. The third kappa shape index (κ3) is 5.65. The fourth-order valence-corrected chi connectivity index (χ4v) is 2.76. The van der Waals surface area contributed by atoms with E-state index in [-0.39, 0.29) is 40.2 Å². The van der Waals surface area contributed by atoms with E-state index in [2.05, 4.69) is 25.7 Å². The predicted molar refractivity (Wildman–Crippen MR) is 107 cm³/mol. The first kappa shape index (κ1) is 22.8. The van der Waals surface area contributed by atoms with E-state index in [0.717, 1.165) is 31.0 Å². The normalized spacial score (nSPS) is 13.2. The van der Waals surface area contributed by atoms with E-state index in [4.69, 9.17) is 4.74 Å². The summed E-state index contributed by atoms with van der Waals surface area (Å²) >= 11 is 0. The van der Waals surface area contributed by atoms with Gasteiger partial charge in [0.15, 0.2) is 0 Å². The number of rotatable bonds is 7. The quantitative estimate of drug-likeness (QED) is 0.595. The van der Waals surface area contributed by atoms with Crippen molar-refractivity contribution in [2.45, 2.75) is 19.2 Å². The molecule has 0 unspecified atom stereocenters. The Labute approximate surface area is 180 Å². The molecule has 2 aromatic rings. The van der Waals surface area contributed by atoms with Crippen LogP contribution in [0.4, 0.5) is 24.7 Å². The van der Waals surface area contributed by atoms with Gasteiger partial charge in [-0.2, -0.15) is 0 Å². The van der Waals surface area contributed by atoms with Crippen LogP contribution < -0.4 is 25.4 Å². The second kappa shape index (κ2) is 9.12. The van der Waals surface area contributed by atoms with Gasteiger partial charge >= 0.3 is 6.36 Å². The van der Waals surface area contributed by atoms with Gasteiger partial charge in [0.1, 0.15) is 17.3 Å². The van der Waals surface area contributed by atoms with E-state index < -0.39 is 23.9 Å². The van der Waals surface area contributed by atoms with E-state index in [0.29, 0.717) is 0 Å². The summed E-state index contributed by atoms with van der Waals surface area (Å²) in [5.41, 5.74) is -0.0559. The molecule has 1 saturated carbocycles. The van der Waals surface area contributed by atoms with Crippen molar-refractivity contribution in [3.63, 3.8) is 0 Å². The lowest BCUT2D eigenvalue weighted by molar-refractivity contribution is -0.274. The summed E-state index contributed by atoms with van der Waals surface area (Å²) in [5.74, 6) is -2.23. The Balaban J connectivity index is 1.87. The highest BCUT2D eigenvalue weighted by Gasteiger charge is 2.32. The van der Waals surface area contributed by atoms with Crippen LogP contribution in [0.3, 0.4) is 0 Å². The zero-order valence-electron chi connectivity index (χ0n) is 17.0. The number of nitrogens with one attached hydrogen (secondary N) is 3. The monoisotopic (exact) mass is 452 g/mol. The molecule has 0 bridgehead atoms. The highest BCUT2D eigenvalue weighted by Crippen LogP contribution is 2.31. The lowest BCUT2D eigenvalue weighted by Crippen LogP contribution is -2.23. The maximum absolute atomic E-state index is 12.8. The van der Waals surface area contributed by atoms with Crippen molar-refractivity contribution in [3.8, 4) is 11.5 Å². The number of benzene rings is 1. The number of ether oxygens (including phenoxy) is 2. The number of hydrogen-bond acceptors (Lipinski definition) is 6. The third-order valence-corrected chi connectivity index (χ3v) is 4.47. The van der Waals surface area contributed by atoms with Crippen molar-refractivity contribution >= 4 is 29.2 Å². The molecule has 12 heteroatoms. The Bertz CT molecular complexity index is 1050. The van der Waals surface area contributed by atoms with Crippen LogP contribution in [-0.4, -0.2) is 43.2 Å². The molecule has 1 aliphatic rings. The number of pyridine rings is 1. The van der Waals surface area contributed by atoms with Crippen molar-refractivity contribution in [1.29, 1.82) is 0 Å². The van der Waals surface area contributed by atoms with Crippen molar-refractivity contribution < 1.29 is 37.0 Å². The summed E-state index contributed by atoms with van der Waals surface area (Å²) in [7, 11) is 2.57. The summed E-state index contributed by atoms with van der Waals surface area (Å²) in [6, 6.07) is 4.27. The second-order valence-electron chi connectivity index (χ2n) is 6.82. The topological polar surface area (TPSA) is 119 Å². The van der Waals surface area contributed by atoms with Gasteiger partial charge in [-0.25, -0.2) is 4.98 Å². The van der Waals surface area contributed by atoms with Crippen molar-refractivity contribution in [1.82, 2.24) is 10.3 Å². The predicted octanol–water partition coefficient (Wildman–Crippen LogP) is 2.95. The van der Waals surface area contributed by atoms with Crippen molar-refractivity contribution in [2.24, 2.45) is 5.92 Å². The Morgan fingerprint density at radius 3 is 2.38 bits per heavy atom. The number of aromatic nitrogens is 1. The number of carbonyl (C=O) groups is 3. The van der Waals surface area contributed by atoms with Crippen molar-refractivity contribution in [2.75, 3.05) is 24.8 Å². The number of anilines is 2. The molecule has 0 atom stereocenters. The van der Waals surface area contributed by atoms with Gasteiger partial charge in [-0.05, 0) is 25.0 Å². The number of hydrogen-bond donors (Lipinski definition) is 3. The maximum atomic E-state index is 12.8. The summed E-state index contributed by atoms with van der Waals surface area (Å²) in [6.07, 6.45) is -2.16. The summed E-state index contributed by atoms with van der Waals surface area (Å²) < 4.78 is 46.2. The standard InChI is InChI=1S/C20H19F3N4O5/c1-24-18(29)13-9-25-16(27-17(28)10-3-4-10)8-14(13)26-19(30)12-6-5-11(7-15(12)31-2)32-20(21,22)23/h5-10H,3-4H2,1-2H3,(H,24,29)(H2,25,26,27,28,30). The van der Waals surface area contributed by atoms with E-state index in [1.54, 1.807) is 0 Å². The largest absolute Gasteiger partial charge is 0.573 e. The zero-order valence-corrected chi connectivity index (χ0v) is 17.0. The van der Waals surface area contributed by atoms with Gasteiger partial charge in [0.2, 0.25) is 5.91 Å². The summed E-state index contributed by atoms with van der Waals surface area (Å²) in [4.78, 5) is 41.0. The van der Waals surface area contributed by atoms with Gasteiger partial charge in [0, 0.05) is 31.3 Å². The van der Waals surface area contributed by atoms with Gasteiger partial charge in [0.05, 0.1) is 23.9 Å². The number of halogens is 3. The van der Waals surface area contributed by atoms with Crippen LogP contribution >= 0.6 is 0 Å². The van der Waals surface area contributed by atoms with Gasteiger partial charge in [-0.3, -0.25) is 14.4 Å². The summed E-state index contributed by atoms with van der Waals surface area (Å²) in [6.45, 7) is 0. The molecule has 0 radical (unpaired) electrons. The second-order valence-corrected chi connectivity index (χ2v) is 6.82. The lowest BCUT2D eigenvalue weighted by Gasteiger charge is -2.15. The van der Waals surface area contributed by atoms with Crippen LogP contribution in [0.2, 0.25) is 0 Å². The minimum Gasteiger partial charge on any atom is -0.496 e. The molecule has 1 aromatic carbocycles. The van der Waals surface area contributed by atoms with E-state index in [9.17, 15) is 27.6 Å². The Kier molecular flexibility index (Phi) is 6.51. The molecule has 1 aliphatic carbocycles. The highest BCUT2D eigenvalue weighted by atomic mass is 19.4. The molecule has 3 amide bonds. The smallest absolute Gasteiger partial charge is 0.496 e. The molecule has 0 saturated heterocycles. The molecule has 170 valence electrons. The maximum Gasteiger partial charge on any atom is 0.573 e. The molecule has 0 spiro atoms. The number of nitrogens with zero attached hydrogens (tertiary/aromatic N) is 1. The first-order chi connectivity index (χ1) is 15.1. The highest BCUT2D eigenvalue weighted by molar-refractivity contribution is 6.10. The van der Waals surface area contributed by atoms with Crippen LogP contribution in [0.5, 0.6) is 11.5 Å². The molecular formula is C20H19F3N4O5. The molecule has 9 nitrogen and oxygen atoms in total. The Morgan fingerprint density at radius 1 is 1.06 bits per heavy atom. The average Bonchev–Trinajstić information content (AvgIpc) is 3.57. The van der Waals surface area contributed by atoms with Crippen LogP contribution in [0.1, 0.15) is 33.6 Å². The molecule has 0 aliphatic heterocycles. The summed E-state index contributed by atoms with van der Waals surface area (Å²) in [5, 5.41) is 7.53. The van der Waals surface area contributed by atoms with E-state index >= 15 is 0 Å². The average molecular weight is 452 g/mol. The fourth-order valence-electron chi connectivity index (χ4n) is 2.76. The third-order valence-electron chi connectivity index (χ3n) is 4.47. The minimum absolute atomic E-state index is 0.0151. The minimum atomic E-state index is -4.91.